The molecule has 0 atom stereocenters. The predicted molar refractivity (Wildman–Crippen MR) is 73.7 cm³/mol. The molecule has 1 amide bonds. The Kier molecular flexibility index (Phi) is 3.32. The molecule has 1 fully saturated rings. The van der Waals surface area contributed by atoms with Crippen molar-refractivity contribution in [2.24, 2.45) is 0 Å². The van der Waals surface area contributed by atoms with E-state index in [-0.39, 0.29) is 5.91 Å². The van der Waals surface area contributed by atoms with Crippen molar-refractivity contribution in [3.8, 4) is 0 Å². The van der Waals surface area contributed by atoms with E-state index in [0.29, 0.717) is 10.9 Å². The Hall–Kier alpha value is -0.460. The molecule has 2 aliphatic rings. The van der Waals surface area contributed by atoms with Crippen LogP contribution >= 0.6 is 35.7 Å². The molecule has 1 saturated heterocycles. The van der Waals surface area contributed by atoms with Crippen molar-refractivity contribution in [1.82, 2.24) is 9.80 Å². The van der Waals surface area contributed by atoms with Crippen molar-refractivity contribution in [1.29, 1.82) is 0 Å². The van der Waals surface area contributed by atoms with Crippen molar-refractivity contribution < 1.29 is 4.79 Å². The van der Waals surface area contributed by atoms with Gasteiger partial charge in [0.15, 0.2) is 0 Å². The van der Waals surface area contributed by atoms with Crippen molar-refractivity contribution in [2.45, 2.75) is 13.8 Å². The van der Waals surface area contributed by atoms with E-state index < -0.39 is 0 Å². The average molecular weight is 272 g/mol. The number of amides is 1. The number of carbonyl (C=O) groups is 1. The molecule has 0 saturated carbocycles. The van der Waals surface area contributed by atoms with Gasteiger partial charge in [-0.15, -0.1) is 0 Å². The van der Waals surface area contributed by atoms with Gasteiger partial charge in [0, 0.05) is 19.3 Å². The van der Waals surface area contributed by atoms with Gasteiger partial charge in [0.25, 0.3) is 5.91 Å². The molecule has 0 aromatic heterocycles. The minimum Gasteiger partial charge on any atom is -0.341 e. The summed E-state index contributed by atoms with van der Waals surface area (Å²) in [6, 6.07) is 0. The Labute approximate surface area is 109 Å². The second-order valence-corrected chi connectivity index (χ2v) is 5.99. The summed E-state index contributed by atoms with van der Waals surface area (Å²) in [5.41, 5.74) is 1.15. The largest absolute Gasteiger partial charge is 0.341 e. The number of hydrogen-bond donors (Lipinski definition) is 0. The van der Waals surface area contributed by atoms with Gasteiger partial charge >= 0.3 is 0 Å². The molecule has 86 valence electrons. The van der Waals surface area contributed by atoms with Crippen LogP contribution in [-0.2, 0) is 4.79 Å². The second-order valence-electron chi connectivity index (χ2n) is 3.49. The van der Waals surface area contributed by atoms with Crippen LogP contribution in [0.2, 0.25) is 0 Å². The molecule has 0 aromatic rings. The van der Waals surface area contributed by atoms with Crippen LogP contribution in [0.3, 0.4) is 0 Å². The van der Waals surface area contributed by atoms with Crippen molar-refractivity contribution in [3.63, 3.8) is 0 Å². The van der Waals surface area contributed by atoms with Gasteiger partial charge in [-0.05, 0) is 19.3 Å². The number of thioether (sulfide) groups is 2. The molecular formula is C10H12N2OS3. The van der Waals surface area contributed by atoms with Crippen LogP contribution in [0.15, 0.2) is 21.0 Å². The Morgan fingerprint density at radius 1 is 1.50 bits per heavy atom. The van der Waals surface area contributed by atoms with Crippen LogP contribution in [0, 0.1) is 0 Å². The summed E-state index contributed by atoms with van der Waals surface area (Å²) in [4.78, 5) is 16.5. The number of nitrogens with zero attached hydrogens (tertiary/aromatic N) is 2. The quantitative estimate of drug-likeness (QED) is 0.539. The van der Waals surface area contributed by atoms with Gasteiger partial charge in [0.05, 0.1) is 5.03 Å². The van der Waals surface area contributed by atoms with E-state index in [1.807, 2.05) is 31.2 Å². The molecule has 2 rings (SSSR count). The SMILES string of the molecule is CCN1C(=O)C(=C2SC=C(C)N2C)SC1=S. The van der Waals surface area contributed by atoms with E-state index in [0.717, 1.165) is 15.6 Å². The molecule has 0 spiro atoms. The third kappa shape index (κ3) is 1.78. The molecule has 0 aliphatic carbocycles. The standard InChI is InChI=1S/C10H12N2OS3/c1-4-12-8(13)7(16-10(12)14)9-11(3)6(2)5-15-9/h5H,4H2,1-3H3. The van der Waals surface area contributed by atoms with Gasteiger partial charge < -0.3 is 4.90 Å². The van der Waals surface area contributed by atoms with Gasteiger partial charge in [-0.1, -0.05) is 35.7 Å². The lowest BCUT2D eigenvalue weighted by Crippen LogP contribution is -2.28. The molecular weight excluding hydrogens is 260 g/mol. The summed E-state index contributed by atoms with van der Waals surface area (Å²) in [6.07, 6.45) is 0. The third-order valence-electron chi connectivity index (χ3n) is 2.53. The maximum Gasteiger partial charge on any atom is 0.268 e. The highest BCUT2D eigenvalue weighted by Crippen LogP contribution is 2.42. The molecule has 0 bridgehead atoms. The molecule has 0 N–H and O–H groups in total. The summed E-state index contributed by atoms with van der Waals surface area (Å²) < 4.78 is 0.661. The highest BCUT2D eigenvalue weighted by Gasteiger charge is 2.35. The van der Waals surface area contributed by atoms with E-state index in [1.54, 1.807) is 16.7 Å². The Bertz CT molecular complexity index is 428. The molecule has 0 radical (unpaired) electrons. The van der Waals surface area contributed by atoms with Crippen LogP contribution in [0.5, 0.6) is 0 Å². The zero-order valence-electron chi connectivity index (χ0n) is 9.31. The van der Waals surface area contributed by atoms with E-state index in [4.69, 9.17) is 12.2 Å². The highest BCUT2D eigenvalue weighted by atomic mass is 32.2. The normalized spacial score (nSPS) is 25.8. The van der Waals surface area contributed by atoms with Gasteiger partial charge in [-0.25, -0.2) is 0 Å². The van der Waals surface area contributed by atoms with E-state index in [1.165, 1.54) is 11.8 Å². The van der Waals surface area contributed by atoms with E-state index >= 15 is 0 Å². The van der Waals surface area contributed by atoms with Crippen LogP contribution in [0.4, 0.5) is 0 Å². The molecule has 16 heavy (non-hydrogen) atoms. The zero-order valence-corrected chi connectivity index (χ0v) is 11.8. The number of carbonyl (C=O) groups excluding carboxylic acids is 1. The molecule has 6 heteroatoms. The maximum absolute atomic E-state index is 12.1. The molecule has 0 unspecified atom stereocenters. The average Bonchev–Trinajstić information content (AvgIpc) is 2.70. The molecule has 2 heterocycles. The summed E-state index contributed by atoms with van der Waals surface area (Å²) >= 11 is 8.18. The molecule has 2 aliphatic heterocycles. The van der Waals surface area contributed by atoms with Gasteiger partial charge in [0.2, 0.25) is 0 Å². The summed E-state index contributed by atoms with van der Waals surface area (Å²) in [7, 11) is 1.97. The maximum atomic E-state index is 12.1. The Morgan fingerprint density at radius 3 is 2.62 bits per heavy atom. The Morgan fingerprint density at radius 2 is 2.19 bits per heavy atom. The first kappa shape index (κ1) is 12.0. The topological polar surface area (TPSA) is 23.6 Å². The van der Waals surface area contributed by atoms with Gasteiger partial charge in [-0.3, -0.25) is 9.69 Å². The lowest BCUT2D eigenvalue weighted by molar-refractivity contribution is -0.122. The fourth-order valence-corrected chi connectivity index (χ4v) is 4.05. The first-order valence-electron chi connectivity index (χ1n) is 4.91. The van der Waals surface area contributed by atoms with Gasteiger partial charge in [0.1, 0.15) is 9.23 Å². The smallest absolute Gasteiger partial charge is 0.268 e. The Balaban J connectivity index is 2.34. The molecule has 3 nitrogen and oxygen atoms in total. The lowest BCUT2D eigenvalue weighted by atomic mass is 10.4. The molecule has 0 aromatic carbocycles. The number of likely N-dealkylation sites (N-methyl/N-ethyl adjacent to an activating group) is 1. The fourth-order valence-electron chi connectivity index (χ4n) is 1.46. The van der Waals surface area contributed by atoms with Crippen LogP contribution in [0.25, 0.3) is 0 Å². The second kappa shape index (κ2) is 4.43. The highest BCUT2D eigenvalue weighted by molar-refractivity contribution is 8.27. The van der Waals surface area contributed by atoms with Crippen LogP contribution in [-0.4, -0.2) is 33.6 Å². The van der Waals surface area contributed by atoms with E-state index in [9.17, 15) is 4.79 Å². The third-order valence-corrected chi connectivity index (χ3v) is 5.26. The number of thiocarbonyl (C=S) groups is 1. The lowest BCUT2D eigenvalue weighted by Gasteiger charge is -2.16. The van der Waals surface area contributed by atoms with Crippen LogP contribution in [0.1, 0.15) is 13.8 Å². The van der Waals surface area contributed by atoms with Gasteiger partial charge in [-0.2, -0.15) is 0 Å². The van der Waals surface area contributed by atoms with Crippen LogP contribution < -0.4 is 0 Å². The summed E-state index contributed by atoms with van der Waals surface area (Å²) in [5.74, 6) is 0.0370. The number of rotatable bonds is 1. The van der Waals surface area contributed by atoms with E-state index in [2.05, 4.69) is 0 Å². The zero-order chi connectivity index (χ0) is 11.9. The van der Waals surface area contributed by atoms with Crippen molar-refractivity contribution in [2.75, 3.05) is 13.6 Å². The minimum absolute atomic E-state index is 0.0370. The fraction of sp³-hybridized carbons (Fsp3) is 0.400. The predicted octanol–water partition coefficient (Wildman–Crippen LogP) is 2.58. The van der Waals surface area contributed by atoms with Crippen molar-refractivity contribution in [3.05, 3.63) is 21.0 Å². The first-order valence-corrected chi connectivity index (χ1v) is 7.01. The number of allylic oxidation sites excluding steroid dienone is 1. The first-order chi connectivity index (χ1) is 7.56. The summed E-state index contributed by atoms with van der Waals surface area (Å²) in [6.45, 7) is 4.61. The summed E-state index contributed by atoms with van der Waals surface area (Å²) in [5, 5.41) is 3.04. The minimum atomic E-state index is 0.0370. The monoisotopic (exact) mass is 272 g/mol. The number of hydrogen-bond acceptors (Lipinski definition) is 5. The van der Waals surface area contributed by atoms with Crippen molar-refractivity contribution >= 4 is 46.0 Å².